The van der Waals surface area contributed by atoms with Crippen LogP contribution in [0.2, 0.25) is 5.02 Å². The summed E-state index contributed by atoms with van der Waals surface area (Å²) in [7, 11) is -3.21. The number of nitrogens with zero attached hydrogens (tertiary/aromatic N) is 1. The van der Waals surface area contributed by atoms with Crippen LogP contribution in [0.4, 0.5) is 13.2 Å². The molecule has 2 atom stereocenters. The molecular weight excluding hydrogens is 337 g/mol. The van der Waals surface area contributed by atoms with Crippen LogP contribution in [0.1, 0.15) is 17.3 Å². The van der Waals surface area contributed by atoms with Gasteiger partial charge >= 0.3 is 11.5 Å². The van der Waals surface area contributed by atoms with Gasteiger partial charge in [-0.2, -0.15) is 13.2 Å². The van der Waals surface area contributed by atoms with E-state index in [1.165, 1.54) is 6.92 Å². The number of pyridine rings is 1. The average molecular weight is 347 g/mol. The van der Waals surface area contributed by atoms with E-state index in [1.54, 1.807) is 4.72 Å². The molecule has 21 heavy (non-hydrogen) atoms. The molecule has 118 valence electrons. The van der Waals surface area contributed by atoms with E-state index in [9.17, 15) is 22.2 Å². The second-order valence-corrected chi connectivity index (χ2v) is 5.50. The fourth-order valence-electron chi connectivity index (χ4n) is 1.16. The standard InChI is InChI=1S/C10H10ClF3N2O4S/c1-5(16-21(19)10(12,13)14)4-20-8-2-6(9(17)18)7(11)3-15-8/h2-3,5,16H,4H2,1H3,(H,17,18)/t5-,21?/m0/s1. The number of carbonyl (C=O) groups is 1. The summed E-state index contributed by atoms with van der Waals surface area (Å²) < 4.78 is 53.8. The van der Waals surface area contributed by atoms with Gasteiger partial charge in [-0.3, -0.25) is 0 Å². The van der Waals surface area contributed by atoms with Crippen molar-refractivity contribution in [3.63, 3.8) is 0 Å². The summed E-state index contributed by atoms with van der Waals surface area (Å²) >= 11 is 5.60. The summed E-state index contributed by atoms with van der Waals surface area (Å²) in [6.45, 7) is 1.02. The third-order valence-electron chi connectivity index (χ3n) is 2.06. The monoisotopic (exact) mass is 346 g/mol. The Morgan fingerprint density at radius 2 is 2.24 bits per heavy atom. The molecule has 1 rings (SSSR count). The molecule has 0 fully saturated rings. The van der Waals surface area contributed by atoms with E-state index in [0.717, 1.165) is 12.3 Å². The lowest BCUT2D eigenvalue weighted by Crippen LogP contribution is -2.39. The molecule has 0 bridgehead atoms. The zero-order chi connectivity index (χ0) is 16.2. The Kier molecular flexibility index (Phi) is 5.93. The maximum absolute atomic E-state index is 12.1. The van der Waals surface area contributed by atoms with Crippen molar-refractivity contribution in [2.45, 2.75) is 18.5 Å². The van der Waals surface area contributed by atoms with Crippen molar-refractivity contribution in [1.82, 2.24) is 9.71 Å². The number of alkyl halides is 3. The Morgan fingerprint density at radius 3 is 2.76 bits per heavy atom. The van der Waals surface area contributed by atoms with E-state index >= 15 is 0 Å². The molecule has 1 heterocycles. The Bertz CT molecular complexity index is 556. The number of rotatable bonds is 6. The third-order valence-corrected chi connectivity index (χ3v) is 3.40. The molecule has 0 radical (unpaired) electrons. The van der Waals surface area contributed by atoms with Gasteiger partial charge in [0.25, 0.3) is 0 Å². The van der Waals surface area contributed by atoms with Crippen molar-refractivity contribution >= 4 is 28.6 Å². The quantitative estimate of drug-likeness (QED) is 0.822. The van der Waals surface area contributed by atoms with Crippen LogP contribution in [0.25, 0.3) is 0 Å². The van der Waals surface area contributed by atoms with E-state index < -0.39 is 28.5 Å². The van der Waals surface area contributed by atoms with Crippen molar-refractivity contribution in [3.8, 4) is 5.88 Å². The van der Waals surface area contributed by atoms with Gasteiger partial charge in [-0.05, 0) is 6.92 Å². The topological polar surface area (TPSA) is 88.5 Å². The highest BCUT2D eigenvalue weighted by molar-refractivity contribution is 7.83. The number of carboxylic acids is 1. The lowest BCUT2D eigenvalue weighted by Gasteiger charge is -2.15. The van der Waals surface area contributed by atoms with Crippen LogP contribution in [-0.2, 0) is 11.0 Å². The van der Waals surface area contributed by atoms with Crippen LogP contribution < -0.4 is 9.46 Å². The molecule has 1 unspecified atom stereocenters. The van der Waals surface area contributed by atoms with Crippen LogP contribution in [-0.4, -0.2) is 38.4 Å². The molecule has 1 aromatic rings. The third kappa shape index (κ3) is 5.48. The summed E-state index contributed by atoms with van der Waals surface area (Å²) in [4.78, 5) is 14.5. The van der Waals surface area contributed by atoms with Crippen LogP contribution in [0.3, 0.4) is 0 Å². The molecule has 0 amide bonds. The zero-order valence-electron chi connectivity index (χ0n) is 10.5. The van der Waals surface area contributed by atoms with E-state index in [-0.39, 0.29) is 23.1 Å². The van der Waals surface area contributed by atoms with Gasteiger partial charge in [0.1, 0.15) is 6.61 Å². The second-order valence-electron chi connectivity index (χ2n) is 3.85. The number of aromatic nitrogens is 1. The molecule has 0 aliphatic rings. The van der Waals surface area contributed by atoms with Crippen molar-refractivity contribution < 1.29 is 32.0 Å². The summed E-state index contributed by atoms with van der Waals surface area (Å²) in [5.74, 6) is -1.42. The van der Waals surface area contributed by atoms with Gasteiger partial charge in [0.2, 0.25) is 5.88 Å². The molecule has 0 aliphatic heterocycles. The fraction of sp³-hybridized carbons (Fsp3) is 0.400. The first-order valence-corrected chi connectivity index (χ1v) is 6.90. The minimum Gasteiger partial charge on any atom is -0.478 e. The van der Waals surface area contributed by atoms with Crippen LogP contribution in [0, 0.1) is 0 Å². The van der Waals surface area contributed by atoms with Crippen LogP contribution >= 0.6 is 11.6 Å². The minimum absolute atomic E-state index is 0.0980. The average Bonchev–Trinajstić information content (AvgIpc) is 2.36. The van der Waals surface area contributed by atoms with Crippen LogP contribution in [0.15, 0.2) is 12.3 Å². The van der Waals surface area contributed by atoms with Crippen molar-refractivity contribution in [2.24, 2.45) is 0 Å². The zero-order valence-corrected chi connectivity index (χ0v) is 12.1. The molecule has 2 N–H and O–H groups in total. The molecule has 0 saturated heterocycles. The van der Waals surface area contributed by atoms with Gasteiger partial charge in [0.15, 0.2) is 11.0 Å². The number of ether oxygens (including phenoxy) is 1. The molecule has 0 saturated carbocycles. The summed E-state index contributed by atoms with van der Waals surface area (Å²) in [6, 6.07) is 0.135. The highest BCUT2D eigenvalue weighted by Crippen LogP contribution is 2.20. The normalized spacial score (nSPS) is 14.5. The lowest BCUT2D eigenvalue weighted by molar-refractivity contribution is -0.0397. The lowest BCUT2D eigenvalue weighted by atomic mass is 10.3. The summed E-state index contributed by atoms with van der Waals surface area (Å²) in [5.41, 5.74) is -5.12. The first-order chi connectivity index (χ1) is 9.61. The Balaban J connectivity index is 2.61. The van der Waals surface area contributed by atoms with Crippen LogP contribution in [0.5, 0.6) is 5.88 Å². The fourth-order valence-corrected chi connectivity index (χ4v) is 1.91. The first-order valence-electron chi connectivity index (χ1n) is 5.37. The van der Waals surface area contributed by atoms with E-state index in [1.807, 2.05) is 0 Å². The summed E-state index contributed by atoms with van der Waals surface area (Å²) in [6.07, 6.45) is 1.05. The van der Waals surface area contributed by atoms with E-state index in [4.69, 9.17) is 21.4 Å². The predicted molar refractivity (Wildman–Crippen MR) is 68.5 cm³/mol. The molecule has 0 spiro atoms. The Hall–Kier alpha value is -1.39. The Labute approximate surface area is 124 Å². The van der Waals surface area contributed by atoms with Gasteiger partial charge in [-0.15, -0.1) is 0 Å². The van der Waals surface area contributed by atoms with Gasteiger partial charge in [-0.25, -0.2) is 18.7 Å². The number of hydrogen-bond acceptors (Lipinski definition) is 4. The van der Waals surface area contributed by atoms with Crippen molar-refractivity contribution in [2.75, 3.05) is 6.61 Å². The second kappa shape index (κ2) is 7.05. The first kappa shape index (κ1) is 17.7. The number of hydrogen-bond donors (Lipinski definition) is 2. The minimum atomic E-state index is -4.87. The largest absolute Gasteiger partial charge is 0.485 e. The smallest absolute Gasteiger partial charge is 0.478 e. The molecule has 0 aromatic carbocycles. The van der Waals surface area contributed by atoms with Gasteiger partial charge in [0.05, 0.1) is 22.8 Å². The molecule has 6 nitrogen and oxygen atoms in total. The maximum atomic E-state index is 12.1. The molecule has 1 aromatic heterocycles. The van der Waals surface area contributed by atoms with Crippen molar-refractivity contribution in [3.05, 3.63) is 22.8 Å². The molecule has 0 aliphatic carbocycles. The van der Waals surface area contributed by atoms with Crippen molar-refractivity contribution in [1.29, 1.82) is 0 Å². The maximum Gasteiger partial charge on any atom is 0.485 e. The predicted octanol–water partition coefficient (Wildman–Crippen LogP) is 1.97. The van der Waals surface area contributed by atoms with Gasteiger partial charge < -0.3 is 9.84 Å². The van der Waals surface area contributed by atoms with E-state index in [2.05, 4.69) is 4.98 Å². The molecular formula is C10H10ClF3N2O4S. The Morgan fingerprint density at radius 1 is 1.62 bits per heavy atom. The van der Waals surface area contributed by atoms with Gasteiger partial charge in [-0.1, -0.05) is 11.6 Å². The highest BCUT2D eigenvalue weighted by Gasteiger charge is 2.37. The number of nitrogens with one attached hydrogen (secondary N) is 1. The number of carboxylic acid groups (broad SMARTS) is 1. The highest BCUT2D eigenvalue weighted by atomic mass is 35.5. The van der Waals surface area contributed by atoms with Gasteiger partial charge in [0, 0.05) is 6.07 Å². The number of halogens is 4. The summed E-state index contributed by atoms with van der Waals surface area (Å²) in [5, 5.41) is 8.73. The molecule has 11 heteroatoms. The number of aromatic carboxylic acids is 1. The SMILES string of the molecule is C[C@@H](COc1cc(C(=O)O)c(Cl)cn1)NS(=O)C(F)(F)F. The van der Waals surface area contributed by atoms with E-state index in [0.29, 0.717) is 0 Å².